The molecule has 0 amide bonds. The number of rotatable bonds is 2. The maximum absolute atomic E-state index is 11.6. The van der Waals surface area contributed by atoms with Crippen LogP contribution in [0.15, 0.2) is 42.6 Å². The normalized spacial score (nSPS) is 10.0. The maximum atomic E-state index is 11.6. The van der Waals surface area contributed by atoms with Crippen LogP contribution in [0, 0.1) is 6.92 Å². The number of aromatic nitrogens is 1. The van der Waals surface area contributed by atoms with Crippen molar-refractivity contribution in [3.8, 4) is 11.3 Å². The van der Waals surface area contributed by atoms with E-state index in [0.29, 0.717) is 11.3 Å². The fourth-order valence-electron chi connectivity index (χ4n) is 1.70. The molecule has 0 N–H and O–H groups in total. The average molecular weight is 227 g/mol. The first kappa shape index (κ1) is 11.3. The zero-order valence-electron chi connectivity index (χ0n) is 9.81. The number of aryl methyl sites for hydroxylation is 1. The number of benzene rings is 1. The van der Waals surface area contributed by atoms with Crippen molar-refractivity contribution in [2.45, 2.75) is 6.92 Å². The van der Waals surface area contributed by atoms with Gasteiger partial charge in [-0.1, -0.05) is 23.8 Å². The molecular weight excluding hydrogens is 214 g/mol. The summed E-state index contributed by atoms with van der Waals surface area (Å²) in [7, 11) is 1.37. The molecule has 0 atom stereocenters. The van der Waals surface area contributed by atoms with Gasteiger partial charge >= 0.3 is 5.97 Å². The molecule has 1 aromatic heterocycles. The van der Waals surface area contributed by atoms with Crippen LogP contribution in [-0.2, 0) is 4.74 Å². The molecule has 0 bridgehead atoms. The molecule has 1 aromatic carbocycles. The van der Waals surface area contributed by atoms with Gasteiger partial charge in [0.2, 0.25) is 0 Å². The molecule has 0 unspecified atom stereocenters. The Labute approximate surface area is 100 Å². The second kappa shape index (κ2) is 4.78. The predicted molar refractivity (Wildman–Crippen MR) is 65.7 cm³/mol. The molecule has 0 saturated carbocycles. The third-order valence-electron chi connectivity index (χ3n) is 2.50. The molecule has 2 rings (SSSR count). The number of nitrogens with zero attached hydrogens (tertiary/aromatic N) is 1. The second-order valence-electron chi connectivity index (χ2n) is 3.76. The van der Waals surface area contributed by atoms with Crippen molar-refractivity contribution in [3.63, 3.8) is 0 Å². The van der Waals surface area contributed by atoms with E-state index in [0.717, 1.165) is 11.1 Å². The SMILES string of the molecule is COC(=O)c1cccnc1-c1cccc(C)c1. The van der Waals surface area contributed by atoms with Crippen LogP contribution < -0.4 is 0 Å². The Hall–Kier alpha value is -2.16. The number of hydrogen-bond acceptors (Lipinski definition) is 3. The first-order valence-electron chi connectivity index (χ1n) is 5.33. The molecule has 17 heavy (non-hydrogen) atoms. The summed E-state index contributed by atoms with van der Waals surface area (Å²) in [6, 6.07) is 11.3. The van der Waals surface area contributed by atoms with Crippen molar-refractivity contribution in [1.82, 2.24) is 4.98 Å². The minimum absolute atomic E-state index is 0.366. The minimum Gasteiger partial charge on any atom is -0.465 e. The van der Waals surface area contributed by atoms with E-state index in [1.54, 1.807) is 18.3 Å². The highest BCUT2D eigenvalue weighted by Gasteiger charge is 2.13. The zero-order chi connectivity index (χ0) is 12.3. The van der Waals surface area contributed by atoms with Gasteiger partial charge in [0.05, 0.1) is 18.4 Å². The van der Waals surface area contributed by atoms with Crippen LogP contribution in [0.2, 0.25) is 0 Å². The van der Waals surface area contributed by atoms with Crippen LogP contribution in [0.25, 0.3) is 11.3 Å². The lowest BCUT2D eigenvalue weighted by Gasteiger charge is -2.07. The van der Waals surface area contributed by atoms with E-state index in [4.69, 9.17) is 4.74 Å². The molecular formula is C14H13NO2. The standard InChI is InChI=1S/C14H13NO2/c1-10-5-3-6-11(9-10)13-12(14(16)17-2)7-4-8-15-13/h3-9H,1-2H3. The van der Waals surface area contributed by atoms with Gasteiger partial charge < -0.3 is 4.74 Å². The molecule has 86 valence electrons. The summed E-state index contributed by atoms with van der Waals surface area (Å²) in [5.74, 6) is -0.366. The van der Waals surface area contributed by atoms with E-state index in [1.165, 1.54) is 7.11 Å². The van der Waals surface area contributed by atoms with E-state index in [-0.39, 0.29) is 5.97 Å². The first-order chi connectivity index (χ1) is 8.22. The van der Waals surface area contributed by atoms with Gasteiger partial charge in [0.15, 0.2) is 0 Å². The van der Waals surface area contributed by atoms with Gasteiger partial charge in [-0.15, -0.1) is 0 Å². The van der Waals surface area contributed by atoms with Crippen LogP contribution in [0.1, 0.15) is 15.9 Å². The topological polar surface area (TPSA) is 39.2 Å². The highest BCUT2D eigenvalue weighted by Crippen LogP contribution is 2.22. The molecule has 0 spiro atoms. The van der Waals surface area contributed by atoms with Crippen LogP contribution in [0.3, 0.4) is 0 Å². The molecule has 2 aromatic rings. The van der Waals surface area contributed by atoms with E-state index >= 15 is 0 Å². The number of ether oxygens (including phenoxy) is 1. The number of pyridine rings is 1. The molecule has 0 fully saturated rings. The molecule has 1 heterocycles. The number of carbonyl (C=O) groups is 1. The van der Waals surface area contributed by atoms with Gasteiger partial charge in [0.1, 0.15) is 0 Å². The molecule has 0 aliphatic rings. The summed E-state index contributed by atoms with van der Waals surface area (Å²) in [5, 5.41) is 0. The van der Waals surface area contributed by atoms with Gasteiger partial charge in [0.25, 0.3) is 0 Å². The first-order valence-corrected chi connectivity index (χ1v) is 5.33. The van der Waals surface area contributed by atoms with E-state index in [9.17, 15) is 4.79 Å². The van der Waals surface area contributed by atoms with Crippen LogP contribution in [-0.4, -0.2) is 18.1 Å². The summed E-state index contributed by atoms with van der Waals surface area (Å²) in [6.07, 6.45) is 1.67. The maximum Gasteiger partial charge on any atom is 0.340 e. The summed E-state index contributed by atoms with van der Waals surface area (Å²) in [4.78, 5) is 15.9. The largest absolute Gasteiger partial charge is 0.465 e. The fraction of sp³-hybridized carbons (Fsp3) is 0.143. The van der Waals surface area contributed by atoms with E-state index < -0.39 is 0 Å². The van der Waals surface area contributed by atoms with Crippen molar-refractivity contribution in [1.29, 1.82) is 0 Å². The third-order valence-corrected chi connectivity index (χ3v) is 2.50. The second-order valence-corrected chi connectivity index (χ2v) is 3.76. The van der Waals surface area contributed by atoms with Crippen molar-refractivity contribution in [2.24, 2.45) is 0 Å². The van der Waals surface area contributed by atoms with Crippen molar-refractivity contribution in [2.75, 3.05) is 7.11 Å². The Morgan fingerprint density at radius 3 is 2.76 bits per heavy atom. The molecule has 0 saturated heterocycles. The minimum atomic E-state index is -0.366. The average Bonchev–Trinajstić information content (AvgIpc) is 2.38. The molecule has 0 aliphatic heterocycles. The lowest BCUT2D eigenvalue weighted by molar-refractivity contribution is 0.0601. The van der Waals surface area contributed by atoms with Gasteiger partial charge in [-0.25, -0.2) is 4.79 Å². The number of methoxy groups -OCH3 is 1. The monoisotopic (exact) mass is 227 g/mol. The molecule has 3 nitrogen and oxygen atoms in total. The highest BCUT2D eigenvalue weighted by molar-refractivity contribution is 5.96. The van der Waals surface area contributed by atoms with Crippen LogP contribution in [0.5, 0.6) is 0 Å². The molecule has 0 aliphatic carbocycles. The lowest BCUT2D eigenvalue weighted by Crippen LogP contribution is -2.04. The smallest absolute Gasteiger partial charge is 0.340 e. The van der Waals surface area contributed by atoms with Gasteiger partial charge in [-0.3, -0.25) is 4.98 Å². The van der Waals surface area contributed by atoms with Crippen LogP contribution >= 0.6 is 0 Å². The van der Waals surface area contributed by atoms with Crippen molar-refractivity contribution in [3.05, 3.63) is 53.7 Å². The van der Waals surface area contributed by atoms with Crippen LogP contribution in [0.4, 0.5) is 0 Å². The zero-order valence-corrected chi connectivity index (χ0v) is 9.81. The van der Waals surface area contributed by atoms with Crippen molar-refractivity contribution >= 4 is 5.97 Å². The number of esters is 1. The summed E-state index contributed by atoms with van der Waals surface area (Å²) >= 11 is 0. The fourth-order valence-corrected chi connectivity index (χ4v) is 1.70. The Morgan fingerprint density at radius 1 is 1.24 bits per heavy atom. The highest BCUT2D eigenvalue weighted by atomic mass is 16.5. The Kier molecular flexibility index (Phi) is 3.19. The Balaban J connectivity index is 2.55. The van der Waals surface area contributed by atoms with Crippen molar-refractivity contribution < 1.29 is 9.53 Å². The summed E-state index contributed by atoms with van der Waals surface area (Å²) < 4.78 is 4.75. The summed E-state index contributed by atoms with van der Waals surface area (Å²) in [5.41, 5.74) is 3.19. The Bertz CT molecular complexity index is 549. The van der Waals surface area contributed by atoms with Gasteiger partial charge in [0, 0.05) is 11.8 Å². The molecule has 3 heteroatoms. The predicted octanol–water partition coefficient (Wildman–Crippen LogP) is 2.84. The summed E-state index contributed by atoms with van der Waals surface area (Å²) in [6.45, 7) is 2.00. The van der Waals surface area contributed by atoms with Gasteiger partial charge in [-0.2, -0.15) is 0 Å². The lowest BCUT2D eigenvalue weighted by atomic mass is 10.0. The number of carbonyl (C=O) groups excluding carboxylic acids is 1. The van der Waals surface area contributed by atoms with E-state index in [1.807, 2.05) is 31.2 Å². The molecule has 0 radical (unpaired) electrons. The quantitative estimate of drug-likeness (QED) is 0.740. The number of hydrogen-bond donors (Lipinski definition) is 0. The van der Waals surface area contributed by atoms with E-state index in [2.05, 4.69) is 4.98 Å². The third kappa shape index (κ3) is 2.33. The van der Waals surface area contributed by atoms with Gasteiger partial charge in [-0.05, 0) is 25.1 Å². The Morgan fingerprint density at radius 2 is 2.06 bits per heavy atom.